The predicted octanol–water partition coefficient (Wildman–Crippen LogP) is -0.453. The van der Waals surface area contributed by atoms with Crippen LogP contribution >= 0.6 is 0 Å². The van der Waals surface area contributed by atoms with Crippen LogP contribution in [0, 0.1) is 0 Å². The molecular formula is C20H23BN2O8. The Kier molecular flexibility index (Phi) is 8.56. The second-order valence-corrected chi connectivity index (χ2v) is 6.90. The molecule has 0 unspecified atom stereocenters. The molecule has 11 heteroatoms. The van der Waals surface area contributed by atoms with Crippen molar-refractivity contribution in [3.8, 4) is 5.75 Å². The zero-order valence-electron chi connectivity index (χ0n) is 16.5. The molecule has 0 bridgehead atoms. The molecule has 7 N–H and O–H groups in total. The minimum atomic E-state index is -1.93. The number of carbonyl (C=O) groups excluding carboxylic acids is 1. The number of aliphatic carboxylic acids is 1. The standard InChI is InChI=1S/C20H23BN2O8/c24-17(8-12-4-6-13(7-5-12)10-22-11-18(25)26)23-16(21(30)31)9-14-2-1-3-15(19(14)27)20(28)29/h1-7,16,22,27,30-31H,8-11H2,(H,23,24)(H,25,26)(H,28,29)/t16-/m0/s1. The van der Waals surface area contributed by atoms with E-state index in [-0.39, 0.29) is 30.5 Å². The summed E-state index contributed by atoms with van der Waals surface area (Å²) in [5, 5.41) is 52.2. The Morgan fingerprint density at radius 3 is 2.19 bits per heavy atom. The fraction of sp³-hybridized carbons (Fsp3) is 0.250. The van der Waals surface area contributed by atoms with Crippen LogP contribution in [0.2, 0.25) is 0 Å². The Labute approximate surface area is 178 Å². The van der Waals surface area contributed by atoms with Gasteiger partial charge in [-0.2, -0.15) is 0 Å². The van der Waals surface area contributed by atoms with Crippen molar-refractivity contribution >= 4 is 25.0 Å². The molecule has 0 aliphatic carbocycles. The average molecular weight is 430 g/mol. The molecule has 2 aromatic rings. The minimum absolute atomic E-state index is 0.0484. The summed E-state index contributed by atoms with van der Waals surface area (Å²) in [6, 6.07) is 10.9. The zero-order valence-corrected chi connectivity index (χ0v) is 16.5. The molecule has 1 atom stereocenters. The summed E-state index contributed by atoms with van der Waals surface area (Å²) in [5.74, 6) is -4.45. The quantitative estimate of drug-likeness (QED) is 0.233. The second-order valence-electron chi connectivity index (χ2n) is 6.90. The molecule has 0 heterocycles. The third kappa shape index (κ3) is 7.41. The first-order valence-electron chi connectivity index (χ1n) is 9.37. The molecule has 0 aromatic heterocycles. The van der Waals surface area contributed by atoms with Crippen LogP contribution < -0.4 is 10.6 Å². The fourth-order valence-corrected chi connectivity index (χ4v) is 2.93. The number of aromatic hydroxyl groups is 1. The predicted molar refractivity (Wildman–Crippen MR) is 110 cm³/mol. The van der Waals surface area contributed by atoms with E-state index in [1.807, 2.05) is 0 Å². The summed E-state index contributed by atoms with van der Waals surface area (Å²) in [4.78, 5) is 34.0. The number of phenols is 1. The summed E-state index contributed by atoms with van der Waals surface area (Å²) < 4.78 is 0. The number of carboxylic acid groups (broad SMARTS) is 2. The first kappa shape index (κ1) is 23.9. The van der Waals surface area contributed by atoms with Crippen LogP contribution in [0.1, 0.15) is 27.0 Å². The lowest BCUT2D eigenvalue weighted by atomic mass is 9.75. The number of hydrogen-bond donors (Lipinski definition) is 7. The van der Waals surface area contributed by atoms with E-state index in [2.05, 4.69) is 10.6 Å². The number of para-hydroxylation sites is 1. The van der Waals surface area contributed by atoms with Gasteiger partial charge in [-0.3, -0.25) is 9.59 Å². The molecule has 0 saturated carbocycles. The highest BCUT2D eigenvalue weighted by molar-refractivity contribution is 6.43. The number of amides is 1. The van der Waals surface area contributed by atoms with Crippen LogP contribution in [0.4, 0.5) is 0 Å². The van der Waals surface area contributed by atoms with Gasteiger partial charge < -0.3 is 36.0 Å². The van der Waals surface area contributed by atoms with E-state index >= 15 is 0 Å². The van der Waals surface area contributed by atoms with E-state index in [0.29, 0.717) is 12.1 Å². The van der Waals surface area contributed by atoms with Gasteiger partial charge in [-0.15, -0.1) is 0 Å². The Balaban J connectivity index is 1.98. The maximum absolute atomic E-state index is 12.3. The highest BCUT2D eigenvalue weighted by Crippen LogP contribution is 2.24. The number of carboxylic acids is 2. The van der Waals surface area contributed by atoms with Gasteiger partial charge in [-0.05, 0) is 29.2 Å². The summed E-state index contributed by atoms with van der Waals surface area (Å²) in [6.07, 6.45) is -0.238. The number of carbonyl (C=O) groups is 3. The fourth-order valence-electron chi connectivity index (χ4n) is 2.93. The Morgan fingerprint density at radius 1 is 0.968 bits per heavy atom. The van der Waals surface area contributed by atoms with Gasteiger partial charge in [0.1, 0.15) is 11.3 Å². The first-order valence-corrected chi connectivity index (χ1v) is 9.37. The molecule has 31 heavy (non-hydrogen) atoms. The molecule has 0 spiro atoms. The van der Waals surface area contributed by atoms with Crippen molar-refractivity contribution in [3.63, 3.8) is 0 Å². The molecule has 0 fully saturated rings. The van der Waals surface area contributed by atoms with Crippen LogP contribution in [-0.4, -0.2) is 62.8 Å². The number of aromatic carboxylic acids is 1. The van der Waals surface area contributed by atoms with Crippen molar-refractivity contribution in [2.75, 3.05) is 6.54 Å². The number of hydrogen-bond acceptors (Lipinski definition) is 7. The molecule has 0 radical (unpaired) electrons. The van der Waals surface area contributed by atoms with Crippen LogP contribution in [-0.2, 0) is 29.0 Å². The summed E-state index contributed by atoms with van der Waals surface area (Å²) in [7, 11) is -1.93. The second kappa shape index (κ2) is 11.1. The van der Waals surface area contributed by atoms with Crippen molar-refractivity contribution in [1.29, 1.82) is 0 Å². The molecule has 0 aliphatic heterocycles. The van der Waals surface area contributed by atoms with Crippen LogP contribution in [0.25, 0.3) is 0 Å². The van der Waals surface area contributed by atoms with Crippen molar-refractivity contribution in [1.82, 2.24) is 10.6 Å². The molecule has 2 aromatic carbocycles. The Bertz CT molecular complexity index is 933. The summed E-state index contributed by atoms with van der Waals surface area (Å²) >= 11 is 0. The van der Waals surface area contributed by atoms with Crippen molar-refractivity contribution in [3.05, 3.63) is 64.7 Å². The van der Waals surface area contributed by atoms with Crippen molar-refractivity contribution in [2.24, 2.45) is 0 Å². The van der Waals surface area contributed by atoms with Gasteiger partial charge in [0.05, 0.1) is 18.9 Å². The van der Waals surface area contributed by atoms with Crippen molar-refractivity contribution in [2.45, 2.75) is 25.3 Å². The van der Waals surface area contributed by atoms with E-state index in [1.165, 1.54) is 18.2 Å². The SMILES string of the molecule is O=C(O)CNCc1ccc(CC(=O)N[C@@H](Cc2cccc(C(=O)O)c2O)B(O)O)cc1. The minimum Gasteiger partial charge on any atom is -0.507 e. The number of benzene rings is 2. The highest BCUT2D eigenvalue weighted by atomic mass is 16.4. The summed E-state index contributed by atoms with van der Waals surface area (Å²) in [6.45, 7) is 0.191. The van der Waals surface area contributed by atoms with Gasteiger partial charge in [0, 0.05) is 6.54 Å². The zero-order chi connectivity index (χ0) is 23.0. The van der Waals surface area contributed by atoms with Crippen LogP contribution in [0.15, 0.2) is 42.5 Å². The first-order chi connectivity index (χ1) is 14.7. The van der Waals surface area contributed by atoms with Gasteiger partial charge in [0.15, 0.2) is 0 Å². The lowest BCUT2D eigenvalue weighted by Crippen LogP contribution is -2.48. The van der Waals surface area contributed by atoms with Crippen molar-refractivity contribution < 1.29 is 39.8 Å². The third-order valence-corrected chi connectivity index (χ3v) is 4.49. The Hall–Kier alpha value is -3.41. The summed E-state index contributed by atoms with van der Waals surface area (Å²) in [5.41, 5.74) is 1.31. The smallest absolute Gasteiger partial charge is 0.475 e. The highest BCUT2D eigenvalue weighted by Gasteiger charge is 2.27. The van der Waals surface area contributed by atoms with Gasteiger partial charge in [-0.1, -0.05) is 36.4 Å². The average Bonchev–Trinajstić information content (AvgIpc) is 2.69. The largest absolute Gasteiger partial charge is 0.507 e. The van der Waals surface area contributed by atoms with Gasteiger partial charge >= 0.3 is 19.1 Å². The van der Waals surface area contributed by atoms with Crippen LogP contribution in [0.5, 0.6) is 5.75 Å². The van der Waals surface area contributed by atoms with E-state index < -0.39 is 36.7 Å². The molecule has 1 amide bonds. The molecular weight excluding hydrogens is 407 g/mol. The Morgan fingerprint density at radius 2 is 1.61 bits per heavy atom. The van der Waals surface area contributed by atoms with E-state index in [9.17, 15) is 29.5 Å². The van der Waals surface area contributed by atoms with Gasteiger partial charge in [-0.25, -0.2) is 4.79 Å². The maximum atomic E-state index is 12.3. The monoisotopic (exact) mass is 430 g/mol. The van der Waals surface area contributed by atoms with Gasteiger partial charge in [0.25, 0.3) is 0 Å². The normalized spacial score (nSPS) is 11.5. The maximum Gasteiger partial charge on any atom is 0.475 e. The molecule has 2 rings (SSSR count). The lowest BCUT2D eigenvalue weighted by Gasteiger charge is -2.19. The molecule has 10 nitrogen and oxygen atoms in total. The number of nitrogens with one attached hydrogen (secondary N) is 2. The topological polar surface area (TPSA) is 176 Å². The molecule has 0 aliphatic rings. The van der Waals surface area contributed by atoms with E-state index in [4.69, 9.17) is 10.2 Å². The third-order valence-electron chi connectivity index (χ3n) is 4.49. The lowest BCUT2D eigenvalue weighted by molar-refractivity contribution is -0.136. The van der Waals surface area contributed by atoms with E-state index in [0.717, 1.165) is 5.56 Å². The molecule has 164 valence electrons. The molecule has 0 saturated heterocycles. The van der Waals surface area contributed by atoms with Gasteiger partial charge in [0.2, 0.25) is 5.91 Å². The number of rotatable bonds is 11. The van der Waals surface area contributed by atoms with Crippen LogP contribution in [0.3, 0.4) is 0 Å². The van der Waals surface area contributed by atoms with E-state index in [1.54, 1.807) is 24.3 Å².